The lowest BCUT2D eigenvalue weighted by Gasteiger charge is -2.48. The van der Waals surface area contributed by atoms with E-state index in [4.69, 9.17) is 4.74 Å². The van der Waals surface area contributed by atoms with Crippen LogP contribution in [0.3, 0.4) is 0 Å². The average Bonchev–Trinajstić information content (AvgIpc) is 2.75. The summed E-state index contributed by atoms with van der Waals surface area (Å²) < 4.78 is 33.5. The van der Waals surface area contributed by atoms with Gasteiger partial charge in [-0.3, -0.25) is 9.78 Å². The molecule has 30 heavy (non-hydrogen) atoms. The minimum absolute atomic E-state index is 0.0796. The number of aromatic nitrogens is 1. The van der Waals surface area contributed by atoms with E-state index in [-0.39, 0.29) is 34.8 Å². The van der Waals surface area contributed by atoms with Crippen molar-refractivity contribution in [3.63, 3.8) is 0 Å². The lowest BCUT2D eigenvalue weighted by Crippen LogP contribution is -2.57. The molecule has 5 rings (SSSR count). The molecular weight excluding hydrogens is 402 g/mol. The maximum absolute atomic E-state index is 13.2. The van der Waals surface area contributed by atoms with Crippen LogP contribution in [0.2, 0.25) is 0 Å². The average molecular weight is 430 g/mol. The Morgan fingerprint density at radius 2 is 1.97 bits per heavy atom. The van der Waals surface area contributed by atoms with Crippen molar-refractivity contribution in [1.29, 1.82) is 0 Å². The number of ether oxygens (including phenoxy) is 1. The van der Waals surface area contributed by atoms with E-state index in [0.29, 0.717) is 25.1 Å². The van der Waals surface area contributed by atoms with E-state index in [9.17, 15) is 13.2 Å². The number of fused-ring (bicyclic) bond motifs is 3. The predicted molar refractivity (Wildman–Crippen MR) is 114 cm³/mol. The molecule has 3 heterocycles. The number of pyridine rings is 1. The van der Waals surface area contributed by atoms with Crippen molar-refractivity contribution in [1.82, 2.24) is 9.29 Å². The lowest BCUT2D eigenvalue weighted by molar-refractivity contribution is -0.125. The zero-order chi connectivity index (χ0) is 21.3. The Balaban J connectivity index is 1.50. The molecule has 1 N–H and O–H groups in total. The summed E-state index contributed by atoms with van der Waals surface area (Å²) in [5.74, 6) is 0.441. The van der Waals surface area contributed by atoms with Gasteiger partial charge in [0.25, 0.3) is 0 Å². The summed E-state index contributed by atoms with van der Waals surface area (Å²) in [5, 5.41) is 2.96. The standard InChI is InChI=1S/C22H27N3O4S/c1-15(2)29-18-8-6-17(7-9-18)24-22(26)20-12-16-5-10-21(20)25(14-16)30(27,28)19-4-3-11-23-13-19/h3-4,6-9,11,13,15-16,20-21H,5,10,12,14H2,1-2H3,(H,24,26)/t16-,20+,21-/m0/s1. The summed E-state index contributed by atoms with van der Waals surface area (Å²) in [4.78, 5) is 17.2. The molecule has 0 spiro atoms. The summed E-state index contributed by atoms with van der Waals surface area (Å²) in [6.07, 6.45) is 5.36. The molecule has 1 saturated carbocycles. The fourth-order valence-electron chi connectivity index (χ4n) is 4.46. The topological polar surface area (TPSA) is 88.6 Å². The first kappa shape index (κ1) is 20.8. The van der Waals surface area contributed by atoms with Crippen LogP contribution < -0.4 is 10.1 Å². The van der Waals surface area contributed by atoms with Crippen molar-refractivity contribution < 1.29 is 17.9 Å². The summed E-state index contributed by atoms with van der Waals surface area (Å²) >= 11 is 0. The van der Waals surface area contributed by atoms with Gasteiger partial charge in [0.15, 0.2) is 0 Å². The monoisotopic (exact) mass is 429 g/mol. The van der Waals surface area contributed by atoms with Gasteiger partial charge in [-0.1, -0.05) is 0 Å². The fourth-order valence-corrected chi connectivity index (χ4v) is 6.19. The molecule has 3 fully saturated rings. The van der Waals surface area contributed by atoms with Crippen LogP contribution in [0.1, 0.15) is 33.1 Å². The van der Waals surface area contributed by atoms with E-state index in [1.807, 2.05) is 26.0 Å². The van der Waals surface area contributed by atoms with Crippen LogP contribution in [0, 0.1) is 11.8 Å². The summed E-state index contributed by atoms with van der Waals surface area (Å²) in [5.41, 5.74) is 0.680. The molecule has 160 valence electrons. The molecule has 3 atom stereocenters. The molecule has 3 aliphatic rings. The van der Waals surface area contributed by atoms with Gasteiger partial charge in [-0.2, -0.15) is 4.31 Å². The van der Waals surface area contributed by atoms with E-state index < -0.39 is 10.0 Å². The van der Waals surface area contributed by atoms with Gasteiger partial charge in [-0.05, 0) is 75.4 Å². The number of nitrogens with one attached hydrogen (secondary N) is 1. The third-order valence-electron chi connectivity index (χ3n) is 5.80. The van der Waals surface area contributed by atoms with E-state index in [1.165, 1.54) is 10.5 Å². The first-order valence-electron chi connectivity index (χ1n) is 10.3. The number of hydrogen-bond donors (Lipinski definition) is 1. The van der Waals surface area contributed by atoms with Gasteiger partial charge < -0.3 is 10.1 Å². The molecule has 8 heteroatoms. The number of anilines is 1. The third kappa shape index (κ3) is 4.20. The molecule has 0 unspecified atom stereocenters. The number of piperidine rings is 2. The lowest BCUT2D eigenvalue weighted by atomic mass is 9.73. The maximum atomic E-state index is 13.2. The summed E-state index contributed by atoms with van der Waals surface area (Å²) in [6.45, 7) is 4.38. The highest BCUT2D eigenvalue weighted by molar-refractivity contribution is 7.89. The SMILES string of the molecule is CC(C)Oc1ccc(NC(=O)[C@@H]2C[C@@H]3CC[C@@H]2N(S(=O)(=O)c2cccnc2)C3)cc1. The quantitative estimate of drug-likeness (QED) is 0.761. The van der Waals surface area contributed by atoms with E-state index in [1.54, 1.807) is 30.5 Å². The second kappa shape index (κ2) is 8.35. The summed E-state index contributed by atoms with van der Waals surface area (Å²) in [6, 6.07) is 10.1. The largest absolute Gasteiger partial charge is 0.491 e. The first-order valence-corrected chi connectivity index (χ1v) is 11.8. The Morgan fingerprint density at radius 3 is 2.60 bits per heavy atom. The van der Waals surface area contributed by atoms with Crippen molar-refractivity contribution in [3.8, 4) is 5.75 Å². The third-order valence-corrected chi connectivity index (χ3v) is 7.68. The van der Waals surface area contributed by atoms with Gasteiger partial charge in [-0.15, -0.1) is 0 Å². The van der Waals surface area contributed by atoms with Gasteiger partial charge in [0.2, 0.25) is 15.9 Å². The number of rotatable bonds is 6. The van der Waals surface area contributed by atoms with Crippen LogP contribution in [0.4, 0.5) is 5.69 Å². The summed E-state index contributed by atoms with van der Waals surface area (Å²) in [7, 11) is -3.68. The number of sulfonamides is 1. The first-order chi connectivity index (χ1) is 14.3. The molecule has 1 aliphatic carbocycles. The smallest absolute Gasteiger partial charge is 0.244 e. The van der Waals surface area contributed by atoms with E-state index in [0.717, 1.165) is 12.2 Å². The van der Waals surface area contributed by atoms with Crippen LogP contribution in [-0.2, 0) is 14.8 Å². The van der Waals surface area contributed by atoms with Gasteiger partial charge in [0.1, 0.15) is 10.6 Å². The fraction of sp³-hybridized carbons (Fsp3) is 0.455. The second-order valence-corrected chi connectivity index (χ2v) is 10.2. The number of benzene rings is 1. The van der Waals surface area contributed by atoms with Crippen molar-refractivity contribution in [2.24, 2.45) is 11.8 Å². The van der Waals surface area contributed by atoms with Gasteiger partial charge in [0.05, 0.1) is 12.0 Å². The molecule has 7 nitrogen and oxygen atoms in total. The van der Waals surface area contributed by atoms with Crippen molar-refractivity contribution >= 4 is 21.6 Å². The Hall–Kier alpha value is -2.45. The van der Waals surface area contributed by atoms with Crippen molar-refractivity contribution in [3.05, 3.63) is 48.8 Å². The molecule has 1 aromatic carbocycles. The highest BCUT2D eigenvalue weighted by Crippen LogP contribution is 2.42. The van der Waals surface area contributed by atoms with Crippen molar-refractivity contribution in [2.45, 2.75) is 50.2 Å². The maximum Gasteiger partial charge on any atom is 0.244 e. The Bertz CT molecular complexity index is 993. The predicted octanol–water partition coefficient (Wildman–Crippen LogP) is 3.30. The molecule has 2 bridgehead atoms. The van der Waals surface area contributed by atoms with Crippen LogP contribution in [0.25, 0.3) is 0 Å². The van der Waals surface area contributed by atoms with E-state index >= 15 is 0 Å². The highest BCUT2D eigenvalue weighted by Gasteiger charge is 2.48. The minimum Gasteiger partial charge on any atom is -0.491 e. The molecule has 1 amide bonds. The molecule has 2 aromatic rings. The normalized spacial score (nSPS) is 24.0. The van der Waals surface area contributed by atoms with Crippen LogP contribution in [-0.4, -0.2) is 42.3 Å². The molecular formula is C22H27N3O4S. The Labute approximate surface area is 177 Å². The van der Waals surface area contributed by atoms with Crippen LogP contribution >= 0.6 is 0 Å². The molecule has 0 radical (unpaired) electrons. The van der Waals surface area contributed by atoms with Crippen LogP contribution in [0.15, 0.2) is 53.7 Å². The molecule has 2 saturated heterocycles. The molecule has 1 aromatic heterocycles. The van der Waals surface area contributed by atoms with Crippen molar-refractivity contribution in [2.75, 3.05) is 11.9 Å². The van der Waals surface area contributed by atoms with E-state index in [2.05, 4.69) is 10.3 Å². The zero-order valence-corrected chi connectivity index (χ0v) is 18.0. The van der Waals surface area contributed by atoms with Crippen LogP contribution in [0.5, 0.6) is 5.75 Å². The Morgan fingerprint density at radius 1 is 1.20 bits per heavy atom. The number of nitrogens with zero attached hydrogens (tertiary/aromatic N) is 2. The van der Waals surface area contributed by atoms with Gasteiger partial charge in [-0.25, -0.2) is 8.42 Å². The molecule has 2 aliphatic heterocycles. The zero-order valence-electron chi connectivity index (χ0n) is 17.2. The number of hydrogen-bond acceptors (Lipinski definition) is 5. The van der Waals surface area contributed by atoms with Gasteiger partial charge >= 0.3 is 0 Å². The van der Waals surface area contributed by atoms with Gasteiger partial charge in [0, 0.05) is 30.7 Å². The second-order valence-electron chi connectivity index (χ2n) is 8.30. The number of carbonyl (C=O) groups excluding carboxylic acids is 1. The minimum atomic E-state index is -3.68. The number of carbonyl (C=O) groups is 1. The number of amides is 1. The highest BCUT2D eigenvalue weighted by atomic mass is 32.2. The Kier molecular flexibility index (Phi) is 5.79.